The zero-order valence-corrected chi connectivity index (χ0v) is 11.3. The van der Waals surface area contributed by atoms with E-state index in [1.165, 1.54) is 11.8 Å². The fourth-order valence-corrected chi connectivity index (χ4v) is 2.36. The molecule has 0 radical (unpaired) electrons. The normalized spacial score (nSPS) is 11.3. The molecule has 1 aromatic rings. The minimum absolute atomic E-state index is 0.175. The maximum Gasteiger partial charge on any atom is 0.390 e. The second-order valence-electron chi connectivity index (χ2n) is 3.54. The first kappa shape index (κ1) is 15.1. The van der Waals surface area contributed by atoms with Gasteiger partial charge in [-0.25, -0.2) is 0 Å². The quantitative estimate of drug-likeness (QED) is 0.645. The van der Waals surface area contributed by atoms with Crippen molar-refractivity contribution in [2.45, 2.75) is 17.5 Å². The van der Waals surface area contributed by atoms with Crippen LogP contribution in [0.3, 0.4) is 0 Å². The summed E-state index contributed by atoms with van der Waals surface area (Å²) >= 11 is 6.38. The number of nitrogens with two attached hydrogens (primary N) is 1. The van der Waals surface area contributed by atoms with Crippen molar-refractivity contribution in [1.82, 2.24) is 0 Å². The predicted octanol–water partition coefficient (Wildman–Crippen LogP) is 3.41. The monoisotopic (exact) mass is 294 g/mol. The molecule has 0 aliphatic rings. The van der Waals surface area contributed by atoms with Gasteiger partial charge >= 0.3 is 6.18 Å². The van der Waals surface area contributed by atoms with Crippen LogP contribution >= 0.6 is 24.0 Å². The van der Waals surface area contributed by atoms with Crippen molar-refractivity contribution in [3.05, 3.63) is 23.8 Å². The Morgan fingerprint density at radius 1 is 1.44 bits per heavy atom. The van der Waals surface area contributed by atoms with Gasteiger partial charge in [-0.3, -0.25) is 0 Å². The van der Waals surface area contributed by atoms with E-state index in [2.05, 4.69) is 5.32 Å². The minimum atomic E-state index is -4.17. The molecule has 7 heteroatoms. The lowest BCUT2D eigenvalue weighted by Gasteiger charge is -2.14. The van der Waals surface area contributed by atoms with Crippen LogP contribution < -0.4 is 11.1 Å². The molecule has 0 aliphatic carbocycles. The molecule has 0 unspecified atom stereocenters. The van der Waals surface area contributed by atoms with Gasteiger partial charge in [0.25, 0.3) is 0 Å². The van der Waals surface area contributed by atoms with Crippen LogP contribution in [0.2, 0.25) is 0 Å². The molecule has 0 atom stereocenters. The molecular formula is C11H13F3N2S2. The number of benzene rings is 1. The van der Waals surface area contributed by atoms with E-state index < -0.39 is 12.6 Å². The Balaban J connectivity index is 2.85. The summed E-state index contributed by atoms with van der Waals surface area (Å²) in [5.41, 5.74) is 6.74. The van der Waals surface area contributed by atoms with Gasteiger partial charge in [-0.05, 0) is 18.4 Å². The van der Waals surface area contributed by atoms with Crippen LogP contribution in [0.1, 0.15) is 12.0 Å². The van der Waals surface area contributed by atoms with Crippen LogP contribution in [-0.4, -0.2) is 24.0 Å². The van der Waals surface area contributed by atoms with Gasteiger partial charge in [-0.1, -0.05) is 18.3 Å². The molecule has 0 saturated heterocycles. The molecule has 0 fully saturated rings. The highest BCUT2D eigenvalue weighted by atomic mass is 32.2. The molecular weight excluding hydrogens is 281 g/mol. The van der Waals surface area contributed by atoms with E-state index in [1.807, 2.05) is 12.3 Å². The fourth-order valence-electron chi connectivity index (χ4n) is 1.44. The van der Waals surface area contributed by atoms with Gasteiger partial charge in [0, 0.05) is 22.7 Å². The topological polar surface area (TPSA) is 38.0 Å². The highest BCUT2D eigenvalue weighted by Gasteiger charge is 2.26. The fraction of sp³-hybridized carbons (Fsp3) is 0.364. The molecule has 0 heterocycles. The molecule has 2 nitrogen and oxygen atoms in total. The van der Waals surface area contributed by atoms with Crippen LogP contribution in [0.4, 0.5) is 18.9 Å². The number of thioether (sulfide) groups is 1. The second kappa shape index (κ2) is 6.29. The van der Waals surface area contributed by atoms with E-state index in [4.69, 9.17) is 18.0 Å². The van der Waals surface area contributed by atoms with Gasteiger partial charge < -0.3 is 11.1 Å². The number of hydrogen-bond acceptors (Lipinski definition) is 3. The third-order valence-electron chi connectivity index (χ3n) is 2.22. The van der Waals surface area contributed by atoms with Crippen molar-refractivity contribution in [2.75, 3.05) is 18.1 Å². The number of halogens is 3. The summed E-state index contributed by atoms with van der Waals surface area (Å²) in [4.78, 5) is 1.02. The Morgan fingerprint density at radius 3 is 2.61 bits per heavy atom. The van der Waals surface area contributed by atoms with E-state index in [1.54, 1.807) is 12.1 Å². The zero-order valence-electron chi connectivity index (χ0n) is 9.67. The van der Waals surface area contributed by atoms with Crippen molar-refractivity contribution < 1.29 is 13.2 Å². The molecule has 1 aromatic carbocycles. The highest BCUT2D eigenvalue weighted by Crippen LogP contribution is 2.27. The Hall–Kier alpha value is -0.950. The van der Waals surface area contributed by atoms with Crippen LogP contribution in [-0.2, 0) is 0 Å². The minimum Gasteiger partial charge on any atom is -0.389 e. The maximum absolute atomic E-state index is 12.1. The van der Waals surface area contributed by atoms with Gasteiger partial charge in [0.1, 0.15) is 4.99 Å². The van der Waals surface area contributed by atoms with Crippen molar-refractivity contribution in [2.24, 2.45) is 5.73 Å². The average Bonchev–Trinajstić information content (AvgIpc) is 2.26. The SMILES string of the molecule is CSc1cccc(NCCC(F)(F)F)c1C(N)=S. The van der Waals surface area contributed by atoms with Crippen molar-refractivity contribution in [3.8, 4) is 0 Å². The third-order valence-corrected chi connectivity index (χ3v) is 3.20. The molecule has 0 amide bonds. The standard InChI is InChI=1S/C11H13F3N2S2/c1-18-8-4-2-3-7(9(8)10(15)17)16-6-5-11(12,13)14/h2-4,16H,5-6H2,1H3,(H2,15,17). The Labute approximate surface area is 113 Å². The first-order valence-electron chi connectivity index (χ1n) is 5.12. The summed E-state index contributed by atoms with van der Waals surface area (Å²) < 4.78 is 36.2. The van der Waals surface area contributed by atoms with Crippen LogP contribution in [0.5, 0.6) is 0 Å². The van der Waals surface area contributed by atoms with Crippen molar-refractivity contribution in [1.29, 1.82) is 0 Å². The van der Waals surface area contributed by atoms with E-state index in [0.717, 1.165) is 4.90 Å². The van der Waals surface area contributed by atoms with Crippen molar-refractivity contribution in [3.63, 3.8) is 0 Å². The van der Waals surface area contributed by atoms with Gasteiger partial charge in [-0.15, -0.1) is 11.8 Å². The van der Waals surface area contributed by atoms with Crippen LogP contribution in [0.15, 0.2) is 23.1 Å². The molecule has 3 N–H and O–H groups in total. The molecule has 0 bridgehead atoms. The van der Waals surface area contributed by atoms with E-state index in [-0.39, 0.29) is 11.5 Å². The largest absolute Gasteiger partial charge is 0.390 e. The third kappa shape index (κ3) is 4.38. The Bertz CT molecular complexity index is 433. The molecule has 0 spiro atoms. The summed E-state index contributed by atoms with van der Waals surface area (Å²) in [5.74, 6) is 0. The number of nitrogens with one attached hydrogen (secondary N) is 1. The lowest BCUT2D eigenvalue weighted by Crippen LogP contribution is -2.18. The summed E-state index contributed by atoms with van der Waals surface area (Å²) in [5, 5.41) is 2.73. The molecule has 0 aliphatic heterocycles. The zero-order chi connectivity index (χ0) is 13.8. The highest BCUT2D eigenvalue weighted by molar-refractivity contribution is 7.98. The summed E-state index contributed by atoms with van der Waals surface area (Å²) in [6, 6.07) is 5.25. The molecule has 18 heavy (non-hydrogen) atoms. The second-order valence-corrected chi connectivity index (χ2v) is 4.83. The van der Waals surface area contributed by atoms with Crippen LogP contribution in [0, 0.1) is 0 Å². The predicted molar refractivity (Wildman–Crippen MR) is 73.3 cm³/mol. The summed E-state index contributed by atoms with van der Waals surface area (Å²) in [7, 11) is 0. The summed E-state index contributed by atoms with van der Waals surface area (Å²) in [6.45, 7) is -0.197. The molecule has 1 rings (SSSR count). The molecule has 0 aromatic heterocycles. The number of hydrogen-bond donors (Lipinski definition) is 2. The van der Waals surface area contributed by atoms with E-state index in [0.29, 0.717) is 11.3 Å². The maximum atomic E-state index is 12.1. The van der Waals surface area contributed by atoms with Gasteiger partial charge in [-0.2, -0.15) is 13.2 Å². The smallest absolute Gasteiger partial charge is 0.389 e. The Morgan fingerprint density at radius 2 is 2.11 bits per heavy atom. The van der Waals surface area contributed by atoms with Crippen molar-refractivity contribution >= 4 is 34.7 Å². The van der Waals surface area contributed by atoms with Crippen LogP contribution in [0.25, 0.3) is 0 Å². The number of alkyl halides is 3. The van der Waals surface area contributed by atoms with Gasteiger partial charge in [0.05, 0.1) is 6.42 Å². The van der Waals surface area contributed by atoms with E-state index in [9.17, 15) is 13.2 Å². The Kier molecular flexibility index (Phi) is 5.28. The molecule has 100 valence electrons. The first-order valence-corrected chi connectivity index (χ1v) is 6.76. The first-order chi connectivity index (χ1) is 8.35. The number of thiocarbonyl (C=S) groups is 1. The van der Waals surface area contributed by atoms with Gasteiger partial charge in [0.15, 0.2) is 0 Å². The van der Waals surface area contributed by atoms with Gasteiger partial charge in [0.2, 0.25) is 0 Å². The van der Waals surface area contributed by atoms with E-state index >= 15 is 0 Å². The number of rotatable bonds is 5. The lowest BCUT2D eigenvalue weighted by atomic mass is 10.1. The average molecular weight is 294 g/mol. The lowest BCUT2D eigenvalue weighted by molar-refractivity contribution is -0.131. The number of anilines is 1. The summed E-state index contributed by atoms with van der Waals surface area (Å²) in [6.07, 6.45) is -3.21. The molecule has 0 saturated carbocycles.